The van der Waals surface area contributed by atoms with Crippen LogP contribution in [0.25, 0.3) is 0 Å². The smallest absolute Gasteiger partial charge is 0.293 e. The van der Waals surface area contributed by atoms with Gasteiger partial charge in [-0.1, -0.05) is 12.0 Å². The molecule has 60 valence electrons. The van der Waals surface area contributed by atoms with Crippen LogP contribution in [0.3, 0.4) is 0 Å². The topological polar surface area (TPSA) is 69.1 Å². The summed E-state index contributed by atoms with van der Waals surface area (Å²) in [6.07, 6.45) is 0. The van der Waals surface area contributed by atoms with E-state index in [0.717, 1.165) is 0 Å². The number of hydrogen-bond acceptors (Lipinski definition) is 2. The van der Waals surface area contributed by atoms with Crippen LogP contribution in [0.4, 0.5) is 5.69 Å². The molecule has 3 heteroatoms. The first-order chi connectivity index (χ1) is 5.68. The molecule has 3 nitrogen and oxygen atoms in total. The Morgan fingerprint density at radius 3 is 2.75 bits per heavy atom. The van der Waals surface area contributed by atoms with Gasteiger partial charge in [0.15, 0.2) is 0 Å². The molecule has 0 spiro atoms. The third-order valence-corrected chi connectivity index (χ3v) is 1.22. The first-order valence-electron chi connectivity index (χ1n) is 3.35. The lowest BCUT2D eigenvalue weighted by molar-refractivity contribution is -0.112. The number of anilines is 1. The van der Waals surface area contributed by atoms with Crippen molar-refractivity contribution >= 4 is 11.6 Å². The molecule has 0 unspecified atom stereocenters. The molecule has 0 aliphatic rings. The Hall–Kier alpha value is -1.95. The lowest BCUT2D eigenvalue weighted by atomic mass is 10.2. The highest BCUT2D eigenvalue weighted by Crippen LogP contribution is 2.04. The van der Waals surface area contributed by atoms with Gasteiger partial charge >= 0.3 is 0 Å². The predicted molar refractivity (Wildman–Crippen MR) is 46.9 cm³/mol. The van der Waals surface area contributed by atoms with Crippen LogP contribution in [0.5, 0.6) is 0 Å². The molecule has 0 saturated heterocycles. The predicted octanol–water partition coefficient (Wildman–Crippen LogP) is 0.106. The van der Waals surface area contributed by atoms with E-state index >= 15 is 0 Å². The Morgan fingerprint density at radius 2 is 2.17 bits per heavy atom. The second-order valence-corrected chi connectivity index (χ2v) is 2.24. The van der Waals surface area contributed by atoms with Crippen molar-refractivity contribution < 1.29 is 4.79 Å². The van der Waals surface area contributed by atoms with Crippen molar-refractivity contribution in [2.45, 2.75) is 0 Å². The van der Waals surface area contributed by atoms with Gasteiger partial charge in [0, 0.05) is 11.3 Å². The standard InChI is InChI=1S/C9H8N2O/c10-8-3-1-2-7(6-8)4-5-9(11)12/h1-3,6H,10H2,(H2,11,12). The fourth-order valence-electron chi connectivity index (χ4n) is 0.750. The fourth-order valence-corrected chi connectivity index (χ4v) is 0.750. The van der Waals surface area contributed by atoms with E-state index in [0.29, 0.717) is 11.3 Å². The second kappa shape index (κ2) is 3.44. The number of amides is 1. The van der Waals surface area contributed by atoms with Crippen LogP contribution in [0.15, 0.2) is 24.3 Å². The summed E-state index contributed by atoms with van der Waals surface area (Å²) in [5.41, 5.74) is 11.6. The van der Waals surface area contributed by atoms with Gasteiger partial charge in [0.05, 0.1) is 0 Å². The van der Waals surface area contributed by atoms with Crippen molar-refractivity contribution in [2.24, 2.45) is 5.73 Å². The maximum Gasteiger partial charge on any atom is 0.293 e. The summed E-state index contributed by atoms with van der Waals surface area (Å²) in [6, 6.07) is 6.94. The van der Waals surface area contributed by atoms with Gasteiger partial charge in [-0.2, -0.15) is 0 Å². The molecule has 1 aromatic carbocycles. The molecule has 0 atom stereocenters. The van der Waals surface area contributed by atoms with Crippen LogP contribution < -0.4 is 11.5 Å². The highest BCUT2D eigenvalue weighted by Gasteiger charge is 1.87. The maximum atomic E-state index is 10.3. The highest BCUT2D eigenvalue weighted by molar-refractivity contribution is 5.92. The third-order valence-electron chi connectivity index (χ3n) is 1.22. The van der Waals surface area contributed by atoms with E-state index in [4.69, 9.17) is 11.5 Å². The summed E-state index contributed by atoms with van der Waals surface area (Å²) in [4.78, 5) is 10.3. The number of carbonyl (C=O) groups is 1. The van der Waals surface area contributed by atoms with E-state index < -0.39 is 5.91 Å². The van der Waals surface area contributed by atoms with Crippen LogP contribution >= 0.6 is 0 Å². The lowest BCUT2D eigenvalue weighted by Crippen LogP contribution is -2.06. The Bertz CT molecular complexity index is 360. The van der Waals surface area contributed by atoms with E-state index in [1.54, 1.807) is 24.3 Å². The summed E-state index contributed by atoms with van der Waals surface area (Å²) in [5.74, 6) is 4.16. The van der Waals surface area contributed by atoms with E-state index in [-0.39, 0.29) is 0 Å². The molecule has 1 aromatic rings. The van der Waals surface area contributed by atoms with Crippen molar-refractivity contribution in [3.05, 3.63) is 29.8 Å². The maximum absolute atomic E-state index is 10.3. The molecule has 12 heavy (non-hydrogen) atoms. The van der Waals surface area contributed by atoms with E-state index in [1.165, 1.54) is 0 Å². The first-order valence-corrected chi connectivity index (χ1v) is 3.35. The molecular formula is C9H8N2O. The molecule has 1 amide bonds. The third kappa shape index (κ3) is 2.35. The normalized spacial score (nSPS) is 8.33. The van der Waals surface area contributed by atoms with Crippen LogP contribution in [0.2, 0.25) is 0 Å². The monoisotopic (exact) mass is 160 g/mol. The van der Waals surface area contributed by atoms with Gasteiger partial charge in [-0.15, -0.1) is 0 Å². The number of primary amides is 1. The number of benzene rings is 1. The molecule has 0 saturated carbocycles. The van der Waals surface area contributed by atoms with Crippen LogP contribution in [0.1, 0.15) is 5.56 Å². The number of nitrogen functional groups attached to an aromatic ring is 1. The Balaban J connectivity index is 2.92. The van der Waals surface area contributed by atoms with E-state index in [2.05, 4.69) is 11.8 Å². The second-order valence-electron chi connectivity index (χ2n) is 2.24. The Kier molecular flexibility index (Phi) is 2.34. The Morgan fingerprint density at radius 1 is 1.42 bits per heavy atom. The van der Waals surface area contributed by atoms with Gasteiger partial charge in [-0.25, -0.2) is 0 Å². The molecule has 0 aliphatic heterocycles. The Labute approximate surface area is 70.4 Å². The molecular weight excluding hydrogens is 152 g/mol. The molecule has 1 rings (SSSR count). The summed E-state index contributed by atoms with van der Waals surface area (Å²) in [6.45, 7) is 0. The lowest BCUT2D eigenvalue weighted by Gasteiger charge is -1.91. The van der Waals surface area contributed by atoms with Crippen LogP contribution in [-0.4, -0.2) is 5.91 Å². The molecule has 0 heterocycles. The molecule has 4 N–H and O–H groups in total. The number of hydrogen-bond donors (Lipinski definition) is 2. The summed E-state index contributed by atoms with van der Waals surface area (Å²) in [5, 5.41) is 0. The molecule has 0 aromatic heterocycles. The largest absolute Gasteiger partial charge is 0.399 e. The van der Waals surface area contributed by atoms with Crippen molar-refractivity contribution in [2.75, 3.05) is 5.73 Å². The van der Waals surface area contributed by atoms with Crippen molar-refractivity contribution in [1.82, 2.24) is 0 Å². The van der Waals surface area contributed by atoms with Gasteiger partial charge < -0.3 is 11.5 Å². The first kappa shape index (κ1) is 8.15. The minimum absolute atomic E-state index is 0.617. The minimum atomic E-state index is -0.641. The van der Waals surface area contributed by atoms with Crippen molar-refractivity contribution in [3.8, 4) is 11.8 Å². The average molecular weight is 160 g/mol. The number of carbonyl (C=O) groups excluding carboxylic acids is 1. The SMILES string of the molecule is NC(=O)C#Cc1cccc(N)c1. The van der Waals surface area contributed by atoms with E-state index in [1.807, 2.05) is 0 Å². The highest BCUT2D eigenvalue weighted by atomic mass is 16.1. The average Bonchev–Trinajstić information content (AvgIpc) is 2.01. The molecule has 0 aliphatic carbocycles. The molecule has 0 radical (unpaired) electrons. The van der Waals surface area contributed by atoms with Crippen LogP contribution in [0, 0.1) is 11.8 Å². The van der Waals surface area contributed by atoms with Gasteiger partial charge in [0.1, 0.15) is 0 Å². The quantitative estimate of drug-likeness (QED) is 0.417. The zero-order chi connectivity index (χ0) is 8.97. The van der Waals surface area contributed by atoms with Crippen molar-refractivity contribution in [3.63, 3.8) is 0 Å². The minimum Gasteiger partial charge on any atom is -0.399 e. The van der Waals surface area contributed by atoms with Gasteiger partial charge in [0.2, 0.25) is 0 Å². The van der Waals surface area contributed by atoms with Gasteiger partial charge in [-0.05, 0) is 24.1 Å². The summed E-state index contributed by atoms with van der Waals surface area (Å²) in [7, 11) is 0. The summed E-state index contributed by atoms with van der Waals surface area (Å²) < 4.78 is 0. The number of nitrogens with two attached hydrogens (primary N) is 2. The van der Waals surface area contributed by atoms with Crippen LogP contribution in [-0.2, 0) is 4.79 Å². The zero-order valence-electron chi connectivity index (χ0n) is 6.37. The van der Waals surface area contributed by atoms with Gasteiger partial charge in [0.25, 0.3) is 5.91 Å². The molecule has 0 fully saturated rings. The zero-order valence-corrected chi connectivity index (χ0v) is 6.37. The fraction of sp³-hybridized carbons (Fsp3) is 0. The van der Waals surface area contributed by atoms with Crippen molar-refractivity contribution in [1.29, 1.82) is 0 Å². The molecule has 0 bridgehead atoms. The van der Waals surface area contributed by atoms with E-state index in [9.17, 15) is 4.79 Å². The number of rotatable bonds is 0. The van der Waals surface area contributed by atoms with Gasteiger partial charge in [-0.3, -0.25) is 4.79 Å². The summed E-state index contributed by atoms with van der Waals surface area (Å²) >= 11 is 0.